The lowest BCUT2D eigenvalue weighted by molar-refractivity contribution is -0.112. The van der Waals surface area contributed by atoms with Crippen molar-refractivity contribution in [2.24, 2.45) is 0 Å². The van der Waals surface area contributed by atoms with Gasteiger partial charge < -0.3 is 15.7 Å². The maximum absolute atomic E-state index is 11.9. The van der Waals surface area contributed by atoms with E-state index < -0.39 is 22.1 Å². The number of nitriles is 1. The van der Waals surface area contributed by atoms with E-state index in [1.807, 2.05) is 0 Å². The lowest BCUT2D eigenvalue weighted by atomic mass is 10.2. The van der Waals surface area contributed by atoms with E-state index in [9.17, 15) is 13.2 Å². The number of rotatable bonds is 6. The summed E-state index contributed by atoms with van der Waals surface area (Å²) < 4.78 is 31.0. The van der Waals surface area contributed by atoms with E-state index in [2.05, 4.69) is 10.6 Å². The molecular weight excluding hydrogens is 310 g/mol. The summed E-state index contributed by atoms with van der Waals surface area (Å²) in [5, 5.41) is 22.9. The van der Waals surface area contributed by atoms with Crippen molar-refractivity contribution >= 4 is 21.7 Å². The molecule has 1 aromatic carbocycles. The van der Waals surface area contributed by atoms with Crippen LogP contribution >= 0.6 is 0 Å². The van der Waals surface area contributed by atoms with Gasteiger partial charge in [-0.3, -0.25) is 9.35 Å². The summed E-state index contributed by atoms with van der Waals surface area (Å²) in [4.78, 5) is 11.5. The number of amides is 1. The number of benzene rings is 1. The highest BCUT2D eigenvalue weighted by molar-refractivity contribution is 7.85. The zero-order valence-corrected chi connectivity index (χ0v) is 12.5. The summed E-state index contributed by atoms with van der Waals surface area (Å²) in [7, 11) is -4.38. The molecule has 1 aromatic rings. The predicted octanol–water partition coefficient (Wildman–Crippen LogP) is 0.250. The van der Waals surface area contributed by atoms with Crippen LogP contribution in [0, 0.1) is 11.3 Å². The molecule has 118 valence electrons. The van der Waals surface area contributed by atoms with Crippen molar-refractivity contribution in [2.75, 3.05) is 11.9 Å². The largest absolute Gasteiger partial charge is 0.392 e. The molecule has 1 amide bonds. The van der Waals surface area contributed by atoms with Gasteiger partial charge in [-0.05, 0) is 25.1 Å². The quantitative estimate of drug-likeness (QED) is 0.334. The first-order valence-electron chi connectivity index (χ1n) is 6.14. The van der Waals surface area contributed by atoms with Gasteiger partial charge in [-0.15, -0.1) is 0 Å². The van der Waals surface area contributed by atoms with E-state index in [1.165, 1.54) is 19.1 Å². The zero-order valence-electron chi connectivity index (χ0n) is 11.6. The number of aliphatic hydroxyl groups is 1. The fraction of sp³-hybridized carbons (Fsp3) is 0.231. The van der Waals surface area contributed by atoms with Crippen LogP contribution in [0.25, 0.3) is 0 Å². The molecule has 4 N–H and O–H groups in total. The van der Waals surface area contributed by atoms with Crippen molar-refractivity contribution in [2.45, 2.75) is 17.9 Å². The highest BCUT2D eigenvalue weighted by Gasteiger charge is 2.13. The fourth-order valence-electron chi connectivity index (χ4n) is 1.41. The number of hydrogen-bond acceptors (Lipinski definition) is 6. The lowest BCUT2D eigenvalue weighted by Gasteiger charge is -2.07. The second kappa shape index (κ2) is 7.56. The van der Waals surface area contributed by atoms with E-state index in [0.717, 1.165) is 18.3 Å². The average Bonchev–Trinajstić information content (AvgIpc) is 2.42. The molecule has 0 aliphatic rings. The molecule has 0 aromatic heterocycles. The Morgan fingerprint density at radius 2 is 2.18 bits per heavy atom. The van der Waals surface area contributed by atoms with Crippen molar-refractivity contribution in [1.82, 2.24) is 5.32 Å². The normalized spacial score (nSPS) is 13.1. The molecule has 0 bridgehead atoms. The third-order valence-electron chi connectivity index (χ3n) is 2.41. The topological polar surface area (TPSA) is 140 Å². The van der Waals surface area contributed by atoms with Gasteiger partial charge >= 0.3 is 0 Å². The summed E-state index contributed by atoms with van der Waals surface area (Å²) in [6.07, 6.45) is 0.500. The third kappa shape index (κ3) is 5.53. The molecule has 9 heteroatoms. The van der Waals surface area contributed by atoms with Gasteiger partial charge in [-0.1, -0.05) is 6.07 Å². The minimum absolute atomic E-state index is 0.108. The molecule has 8 nitrogen and oxygen atoms in total. The van der Waals surface area contributed by atoms with E-state index >= 15 is 0 Å². The van der Waals surface area contributed by atoms with Crippen LogP contribution in [-0.2, 0) is 14.9 Å². The Bertz CT molecular complexity index is 719. The number of hydrogen-bond donors (Lipinski definition) is 4. The van der Waals surface area contributed by atoms with E-state index in [-0.39, 0.29) is 22.7 Å². The van der Waals surface area contributed by atoms with Crippen molar-refractivity contribution in [1.29, 1.82) is 5.26 Å². The summed E-state index contributed by atoms with van der Waals surface area (Å²) in [5.74, 6) is -0.756. The van der Waals surface area contributed by atoms with E-state index in [1.54, 1.807) is 6.07 Å². The number of carbonyl (C=O) groups excluding carboxylic acids is 1. The number of nitrogens with zero attached hydrogens (tertiary/aromatic N) is 1. The molecule has 0 aliphatic carbocycles. The third-order valence-corrected chi connectivity index (χ3v) is 3.26. The minimum Gasteiger partial charge on any atom is -0.392 e. The highest BCUT2D eigenvalue weighted by atomic mass is 32.2. The Hall–Kier alpha value is -2.41. The molecule has 0 saturated heterocycles. The molecular formula is C13H15N3O5S. The monoisotopic (exact) mass is 325 g/mol. The maximum Gasteiger partial charge on any atom is 0.294 e. The van der Waals surface area contributed by atoms with Gasteiger partial charge in [0.2, 0.25) is 0 Å². The van der Waals surface area contributed by atoms with Crippen LogP contribution in [0.15, 0.2) is 40.9 Å². The molecule has 1 atom stereocenters. The molecule has 0 fully saturated rings. The fourth-order valence-corrected chi connectivity index (χ4v) is 1.94. The van der Waals surface area contributed by atoms with E-state index in [0.29, 0.717) is 0 Å². The summed E-state index contributed by atoms with van der Waals surface area (Å²) in [6.45, 7) is 1.70. The Kier molecular flexibility index (Phi) is 6.06. The van der Waals surface area contributed by atoms with Crippen LogP contribution in [0.1, 0.15) is 6.92 Å². The molecule has 1 rings (SSSR count). The number of nitrogens with one attached hydrogen (secondary N) is 2. The number of aliphatic hydroxyl groups excluding tert-OH is 1. The van der Waals surface area contributed by atoms with Crippen molar-refractivity contribution in [3.8, 4) is 6.07 Å². The summed E-state index contributed by atoms with van der Waals surface area (Å²) in [6, 6.07) is 6.64. The SMILES string of the molecule is CC(O)CN/C=C(/C#N)C(=O)Nc1cccc(S(=O)(=O)O)c1. The summed E-state index contributed by atoms with van der Waals surface area (Å²) in [5.41, 5.74) is -0.144. The smallest absolute Gasteiger partial charge is 0.294 e. The van der Waals surface area contributed by atoms with Crippen molar-refractivity contribution in [3.05, 3.63) is 36.0 Å². The first-order valence-corrected chi connectivity index (χ1v) is 7.58. The highest BCUT2D eigenvalue weighted by Crippen LogP contribution is 2.15. The minimum atomic E-state index is -4.38. The van der Waals surface area contributed by atoms with Gasteiger partial charge in [0.1, 0.15) is 11.6 Å². The van der Waals surface area contributed by atoms with Gasteiger partial charge in [0.25, 0.3) is 16.0 Å². The van der Waals surface area contributed by atoms with Gasteiger partial charge in [-0.25, -0.2) is 0 Å². The molecule has 0 aliphatic heterocycles. The first-order chi connectivity index (χ1) is 10.2. The second-order valence-corrected chi connectivity index (χ2v) is 5.81. The van der Waals surface area contributed by atoms with Gasteiger partial charge in [-0.2, -0.15) is 13.7 Å². The van der Waals surface area contributed by atoms with Crippen LogP contribution in [0.5, 0.6) is 0 Å². The number of carbonyl (C=O) groups is 1. The molecule has 22 heavy (non-hydrogen) atoms. The molecule has 1 unspecified atom stereocenters. The van der Waals surface area contributed by atoms with Crippen molar-refractivity contribution in [3.63, 3.8) is 0 Å². The maximum atomic E-state index is 11.9. The van der Waals surface area contributed by atoms with Gasteiger partial charge in [0.15, 0.2) is 0 Å². The Morgan fingerprint density at radius 3 is 2.73 bits per heavy atom. The number of anilines is 1. The van der Waals surface area contributed by atoms with Crippen LogP contribution in [0.3, 0.4) is 0 Å². The summed E-state index contributed by atoms with van der Waals surface area (Å²) >= 11 is 0. The van der Waals surface area contributed by atoms with E-state index in [4.69, 9.17) is 14.9 Å². The van der Waals surface area contributed by atoms with Crippen LogP contribution < -0.4 is 10.6 Å². The standard InChI is InChI=1S/C13H15N3O5S/c1-9(17)7-15-8-10(6-14)13(18)16-11-3-2-4-12(5-11)22(19,20)21/h2-5,8-9,15,17H,7H2,1H3,(H,16,18)(H,19,20,21)/b10-8-. The Balaban J connectivity index is 2.85. The van der Waals surface area contributed by atoms with Crippen LogP contribution in [0.4, 0.5) is 5.69 Å². The Morgan fingerprint density at radius 1 is 1.50 bits per heavy atom. The lowest BCUT2D eigenvalue weighted by Crippen LogP contribution is -2.22. The molecule has 0 saturated carbocycles. The average molecular weight is 325 g/mol. The molecule has 0 radical (unpaired) electrons. The van der Waals surface area contributed by atoms with Crippen molar-refractivity contribution < 1.29 is 22.9 Å². The predicted molar refractivity (Wildman–Crippen MR) is 78.3 cm³/mol. The molecule has 0 heterocycles. The van der Waals surface area contributed by atoms with Crippen LogP contribution in [-0.4, -0.2) is 36.6 Å². The first kappa shape index (κ1) is 17.6. The van der Waals surface area contributed by atoms with Gasteiger partial charge in [0, 0.05) is 18.4 Å². The second-order valence-electron chi connectivity index (χ2n) is 4.38. The van der Waals surface area contributed by atoms with Gasteiger partial charge in [0.05, 0.1) is 11.0 Å². The van der Waals surface area contributed by atoms with Crippen LogP contribution in [0.2, 0.25) is 0 Å². The Labute approximate surface area is 127 Å². The molecule has 0 spiro atoms. The zero-order chi connectivity index (χ0) is 16.8.